The van der Waals surface area contributed by atoms with E-state index in [9.17, 15) is 0 Å². The molecule has 1 aromatic carbocycles. The molecule has 86 valence electrons. The van der Waals surface area contributed by atoms with Gasteiger partial charge in [0.25, 0.3) is 0 Å². The van der Waals surface area contributed by atoms with E-state index in [1.54, 1.807) is 0 Å². The van der Waals surface area contributed by atoms with Crippen molar-refractivity contribution in [3.05, 3.63) is 47.0 Å². The molecule has 2 rings (SSSR count). The standard InChI is InChI=1S/C15H20O/c1-12-10-15(16-11-13(12)2)9-8-14-6-4-3-5-7-14/h3-7,15H,8-11H2,1-2H3/t15-/m0/s1. The summed E-state index contributed by atoms with van der Waals surface area (Å²) in [4.78, 5) is 0. The summed E-state index contributed by atoms with van der Waals surface area (Å²) in [6, 6.07) is 10.7. The van der Waals surface area contributed by atoms with Crippen molar-refractivity contribution in [2.75, 3.05) is 6.61 Å². The van der Waals surface area contributed by atoms with Crippen LogP contribution in [0.4, 0.5) is 0 Å². The Bertz CT molecular complexity index is 364. The van der Waals surface area contributed by atoms with E-state index in [1.807, 2.05) is 0 Å². The molecule has 0 bridgehead atoms. The lowest BCUT2D eigenvalue weighted by Crippen LogP contribution is -2.21. The molecule has 16 heavy (non-hydrogen) atoms. The van der Waals surface area contributed by atoms with Gasteiger partial charge in [-0.1, -0.05) is 35.9 Å². The van der Waals surface area contributed by atoms with Crippen molar-refractivity contribution in [1.82, 2.24) is 0 Å². The molecule has 0 fully saturated rings. The lowest BCUT2D eigenvalue weighted by atomic mass is 9.97. The number of aryl methyl sites for hydroxylation is 1. The molecule has 0 saturated heterocycles. The summed E-state index contributed by atoms with van der Waals surface area (Å²) in [5.41, 5.74) is 4.34. The highest BCUT2D eigenvalue weighted by atomic mass is 16.5. The first-order valence-corrected chi connectivity index (χ1v) is 6.06. The number of hydrogen-bond acceptors (Lipinski definition) is 1. The molecule has 0 aliphatic carbocycles. The van der Waals surface area contributed by atoms with Gasteiger partial charge in [0.05, 0.1) is 12.7 Å². The fraction of sp³-hybridized carbons (Fsp3) is 0.467. The Morgan fingerprint density at radius 2 is 1.88 bits per heavy atom. The van der Waals surface area contributed by atoms with Crippen molar-refractivity contribution in [2.24, 2.45) is 0 Å². The Morgan fingerprint density at radius 1 is 1.12 bits per heavy atom. The normalized spacial score (nSPS) is 21.2. The van der Waals surface area contributed by atoms with Crippen LogP contribution >= 0.6 is 0 Å². The molecule has 1 aliphatic heterocycles. The van der Waals surface area contributed by atoms with Gasteiger partial charge in [0.15, 0.2) is 0 Å². The van der Waals surface area contributed by atoms with Crippen molar-refractivity contribution in [3.63, 3.8) is 0 Å². The summed E-state index contributed by atoms with van der Waals surface area (Å²) < 4.78 is 5.82. The molecular weight excluding hydrogens is 196 g/mol. The average Bonchev–Trinajstić information content (AvgIpc) is 2.32. The zero-order valence-corrected chi connectivity index (χ0v) is 10.2. The van der Waals surface area contributed by atoms with E-state index >= 15 is 0 Å². The largest absolute Gasteiger partial charge is 0.374 e. The number of ether oxygens (including phenoxy) is 1. The van der Waals surface area contributed by atoms with Gasteiger partial charge in [0.2, 0.25) is 0 Å². The van der Waals surface area contributed by atoms with Crippen molar-refractivity contribution in [1.29, 1.82) is 0 Å². The summed E-state index contributed by atoms with van der Waals surface area (Å²) in [5.74, 6) is 0. The van der Waals surface area contributed by atoms with Gasteiger partial charge in [-0.05, 0) is 44.2 Å². The summed E-state index contributed by atoms with van der Waals surface area (Å²) in [7, 11) is 0. The number of rotatable bonds is 3. The third-order valence-electron chi connectivity index (χ3n) is 3.40. The molecule has 1 atom stereocenters. The van der Waals surface area contributed by atoms with Crippen molar-refractivity contribution < 1.29 is 4.74 Å². The number of benzene rings is 1. The fourth-order valence-corrected chi connectivity index (χ4v) is 2.10. The van der Waals surface area contributed by atoms with Crippen LogP contribution in [0.1, 0.15) is 32.3 Å². The lowest BCUT2D eigenvalue weighted by Gasteiger charge is -2.25. The molecule has 1 heteroatoms. The molecule has 0 radical (unpaired) electrons. The summed E-state index contributed by atoms with van der Waals surface area (Å²) >= 11 is 0. The van der Waals surface area contributed by atoms with Crippen LogP contribution in [0.15, 0.2) is 41.5 Å². The molecule has 0 unspecified atom stereocenters. The zero-order chi connectivity index (χ0) is 11.4. The number of hydrogen-bond donors (Lipinski definition) is 0. The van der Waals surface area contributed by atoms with E-state index in [4.69, 9.17) is 4.74 Å². The Hall–Kier alpha value is -1.08. The maximum Gasteiger partial charge on any atom is 0.0680 e. The molecular formula is C15H20O. The minimum atomic E-state index is 0.420. The Balaban J connectivity index is 1.84. The van der Waals surface area contributed by atoms with E-state index in [1.165, 1.54) is 16.7 Å². The quantitative estimate of drug-likeness (QED) is 0.699. The molecule has 0 aromatic heterocycles. The first kappa shape index (κ1) is 11.4. The van der Waals surface area contributed by atoms with Gasteiger partial charge in [-0.25, -0.2) is 0 Å². The van der Waals surface area contributed by atoms with Gasteiger partial charge in [-0.15, -0.1) is 0 Å². The highest BCUT2D eigenvalue weighted by Gasteiger charge is 2.16. The lowest BCUT2D eigenvalue weighted by molar-refractivity contribution is 0.0525. The van der Waals surface area contributed by atoms with Crippen LogP contribution in [-0.2, 0) is 11.2 Å². The van der Waals surface area contributed by atoms with Gasteiger partial charge in [0.1, 0.15) is 0 Å². The fourth-order valence-electron chi connectivity index (χ4n) is 2.10. The van der Waals surface area contributed by atoms with Crippen LogP contribution in [-0.4, -0.2) is 12.7 Å². The molecule has 1 nitrogen and oxygen atoms in total. The van der Waals surface area contributed by atoms with Gasteiger partial charge < -0.3 is 4.74 Å². The second-order valence-corrected chi connectivity index (χ2v) is 4.72. The molecule has 0 N–H and O–H groups in total. The zero-order valence-electron chi connectivity index (χ0n) is 10.2. The Kier molecular flexibility index (Phi) is 3.79. The monoisotopic (exact) mass is 216 g/mol. The minimum Gasteiger partial charge on any atom is -0.374 e. The first-order chi connectivity index (χ1) is 7.75. The molecule has 0 spiro atoms. The van der Waals surface area contributed by atoms with Crippen molar-refractivity contribution >= 4 is 0 Å². The van der Waals surface area contributed by atoms with Crippen LogP contribution in [0, 0.1) is 0 Å². The van der Waals surface area contributed by atoms with Gasteiger partial charge >= 0.3 is 0 Å². The Labute approximate surface area is 98.1 Å². The first-order valence-electron chi connectivity index (χ1n) is 6.06. The second-order valence-electron chi connectivity index (χ2n) is 4.72. The van der Waals surface area contributed by atoms with Gasteiger partial charge in [0, 0.05) is 0 Å². The van der Waals surface area contributed by atoms with Crippen molar-refractivity contribution in [2.45, 2.75) is 39.2 Å². The van der Waals surface area contributed by atoms with E-state index in [0.29, 0.717) is 6.10 Å². The van der Waals surface area contributed by atoms with Crippen LogP contribution in [0.2, 0.25) is 0 Å². The second kappa shape index (κ2) is 5.31. The highest BCUT2D eigenvalue weighted by Crippen LogP contribution is 2.22. The van der Waals surface area contributed by atoms with Crippen LogP contribution in [0.3, 0.4) is 0 Å². The van der Waals surface area contributed by atoms with Crippen LogP contribution < -0.4 is 0 Å². The van der Waals surface area contributed by atoms with Crippen LogP contribution in [0.25, 0.3) is 0 Å². The Morgan fingerprint density at radius 3 is 2.56 bits per heavy atom. The predicted octanol–water partition coefficient (Wildman–Crippen LogP) is 3.74. The average molecular weight is 216 g/mol. The molecule has 0 amide bonds. The smallest absolute Gasteiger partial charge is 0.0680 e. The van der Waals surface area contributed by atoms with E-state index in [2.05, 4.69) is 44.2 Å². The van der Waals surface area contributed by atoms with E-state index in [0.717, 1.165) is 25.9 Å². The summed E-state index contributed by atoms with van der Waals surface area (Å²) in [6.45, 7) is 5.22. The van der Waals surface area contributed by atoms with Crippen LogP contribution in [0.5, 0.6) is 0 Å². The van der Waals surface area contributed by atoms with Crippen molar-refractivity contribution in [3.8, 4) is 0 Å². The highest BCUT2D eigenvalue weighted by molar-refractivity contribution is 5.16. The molecule has 1 aliphatic rings. The van der Waals surface area contributed by atoms with E-state index in [-0.39, 0.29) is 0 Å². The van der Waals surface area contributed by atoms with Gasteiger partial charge in [-0.3, -0.25) is 0 Å². The molecule has 1 aromatic rings. The summed E-state index contributed by atoms with van der Waals surface area (Å²) in [5, 5.41) is 0. The van der Waals surface area contributed by atoms with Gasteiger partial charge in [-0.2, -0.15) is 0 Å². The molecule has 0 saturated carbocycles. The third-order valence-corrected chi connectivity index (χ3v) is 3.40. The summed E-state index contributed by atoms with van der Waals surface area (Å²) in [6.07, 6.45) is 3.79. The topological polar surface area (TPSA) is 9.23 Å². The SMILES string of the molecule is CC1=C(C)C[C@H](CCc2ccccc2)OC1. The maximum atomic E-state index is 5.82. The maximum absolute atomic E-state index is 5.82. The third kappa shape index (κ3) is 2.96. The molecule has 1 heterocycles. The minimum absolute atomic E-state index is 0.420. The van der Waals surface area contributed by atoms with E-state index < -0.39 is 0 Å². The predicted molar refractivity (Wildman–Crippen MR) is 67.5 cm³/mol.